The second-order valence-corrected chi connectivity index (χ2v) is 6.05. The Balaban J connectivity index is 1.81. The van der Waals surface area contributed by atoms with Crippen molar-refractivity contribution in [1.82, 2.24) is 10.3 Å². The number of pyridine rings is 1. The maximum atomic E-state index is 12.3. The van der Waals surface area contributed by atoms with Gasteiger partial charge in [-0.25, -0.2) is 4.98 Å². The van der Waals surface area contributed by atoms with Gasteiger partial charge in [0, 0.05) is 23.3 Å². The Morgan fingerprint density at radius 2 is 2.35 bits per heavy atom. The third kappa shape index (κ3) is 2.88. The minimum Gasteiger partial charge on any atom is -0.396 e. The fourth-order valence-corrected chi connectivity index (χ4v) is 2.64. The number of rotatable bonds is 3. The van der Waals surface area contributed by atoms with Gasteiger partial charge >= 0.3 is 0 Å². The molecule has 0 radical (unpaired) electrons. The third-order valence-electron chi connectivity index (χ3n) is 3.49. The van der Waals surface area contributed by atoms with Crippen molar-refractivity contribution in [3.8, 4) is 0 Å². The average Bonchev–Trinajstić information content (AvgIpc) is 3.23. The normalized spacial score (nSPS) is 22.6. The van der Waals surface area contributed by atoms with Crippen LogP contribution in [0.5, 0.6) is 0 Å². The number of aromatic nitrogens is 1. The number of halogens is 1. The van der Waals surface area contributed by atoms with Crippen molar-refractivity contribution in [2.45, 2.75) is 24.9 Å². The molecule has 3 N–H and O–H groups in total. The standard InChI is InChI=1S/C13H17BrN4O2/c14-8-5-10(15)12(16-6-8)18-3-4-20-7-11(18)13(19)17-9-1-2-9/h5-6,9,11H,1-4,7,15H2,(H,17,19). The van der Waals surface area contributed by atoms with Crippen LogP contribution >= 0.6 is 15.9 Å². The van der Waals surface area contributed by atoms with Gasteiger partial charge in [0.2, 0.25) is 5.91 Å². The van der Waals surface area contributed by atoms with E-state index in [1.54, 1.807) is 12.3 Å². The molecule has 7 heteroatoms. The predicted molar refractivity (Wildman–Crippen MR) is 79.5 cm³/mol. The van der Waals surface area contributed by atoms with Gasteiger partial charge in [-0.1, -0.05) is 0 Å². The van der Waals surface area contributed by atoms with E-state index in [4.69, 9.17) is 10.5 Å². The zero-order chi connectivity index (χ0) is 14.1. The second kappa shape index (κ2) is 5.57. The summed E-state index contributed by atoms with van der Waals surface area (Å²) in [5.41, 5.74) is 6.58. The molecule has 1 aromatic rings. The zero-order valence-electron chi connectivity index (χ0n) is 11.0. The maximum absolute atomic E-state index is 12.3. The molecule has 1 atom stereocenters. The predicted octanol–water partition coefficient (Wildman–Crippen LogP) is 0.910. The van der Waals surface area contributed by atoms with Crippen molar-refractivity contribution in [1.29, 1.82) is 0 Å². The molecule has 1 aliphatic carbocycles. The molecule has 0 aromatic carbocycles. The highest BCUT2D eigenvalue weighted by Gasteiger charge is 2.34. The van der Waals surface area contributed by atoms with E-state index in [9.17, 15) is 4.79 Å². The number of nitrogen functional groups attached to an aromatic ring is 1. The molecule has 1 saturated heterocycles. The van der Waals surface area contributed by atoms with Crippen molar-refractivity contribution in [2.24, 2.45) is 0 Å². The highest BCUT2D eigenvalue weighted by Crippen LogP contribution is 2.27. The molecule has 6 nitrogen and oxygen atoms in total. The summed E-state index contributed by atoms with van der Waals surface area (Å²) >= 11 is 3.34. The van der Waals surface area contributed by atoms with E-state index in [-0.39, 0.29) is 11.9 Å². The van der Waals surface area contributed by atoms with Gasteiger partial charge in [-0.2, -0.15) is 0 Å². The van der Waals surface area contributed by atoms with E-state index >= 15 is 0 Å². The highest BCUT2D eigenvalue weighted by molar-refractivity contribution is 9.10. The molecule has 3 rings (SSSR count). The number of nitrogens with one attached hydrogen (secondary N) is 1. The van der Waals surface area contributed by atoms with Crippen molar-refractivity contribution < 1.29 is 9.53 Å². The van der Waals surface area contributed by atoms with Crippen LogP contribution in [0, 0.1) is 0 Å². The first-order valence-electron chi connectivity index (χ1n) is 6.71. The van der Waals surface area contributed by atoms with E-state index in [2.05, 4.69) is 26.2 Å². The second-order valence-electron chi connectivity index (χ2n) is 5.13. The Labute approximate surface area is 125 Å². The molecule has 2 aliphatic rings. The van der Waals surface area contributed by atoms with Crippen LogP contribution in [0.25, 0.3) is 0 Å². The minimum atomic E-state index is -0.361. The lowest BCUT2D eigenvalue weighted by Gasteiger charge is -2.36. The van der Waals surface area contributed by atoms with Gasteiger partial charge in [-0.15, -0.1) is 0 Å². The molecule has 2 heterocycles. The molecule has 1 amide bonds. The fourth-order valence-electron chi connectivity index (χ4n) is 2.29. The molecule has 2 fully saturated rings. The molecular weight excluding hydrogens is 324 g/mol. The van der Waals surface area contributed by atoms with Crippen LogP contribution in [0.2, 0.25) is 0 Å². The van der Waals surface area contributed by atoms with Crippen molar-refractivity contribution in [3.63, 3.8) is 0 Å². The lowest BCUT2D eigenvalue weighted by atomic mass is 10.2. The number of carbonyl (C=O) groups excluding carboxylic acids is 1. The molecule has 1 aliphatic heterocycles. The quantitative estimate of drug-likeness (QED) is 0.854. The topological polar surface area (TPSA) is 80.5 Å². The number of morpholine rings is 1. The van der Waals surface area contributed by atoms with Crippen LogP contribution in [0.3, 0.4) is 0 Å². The molecular formula is C13H17BrN4O2. The van der Waals surface area contributed by atoms with Crippen LogP contribution in [0.4, 0.5) is 11.5 Å². The minimum absolute atomic E-state index is 0.00341. The summed E-state index contributed by atoms with van der Waals surface area (Å²) in [4.78, 5) is 18.6. The van der Waals surface area contributed by atoms with Crippen LogP contribution < -0.4 is 16.0 Å². The van der Waals surface area contributed by atoms with E-state index in [1.165, 1.54) is 0 Å². The van der Waals surface area contributed by atoms with Gasteiger partial charge in [0.1, 0.15) is 6.04 Å². The lowest BCUT2D eigenvalue weighted by Crippen LogP contribution is -2.54. The Bertz CT molecular complexity index is 521. The van der Waals surface area contributed by atoms with E-state index < -0.39 is 0 Å². The number of carbonyl (C=O) groups is 1. The van der Waals surface area contributed by atoms with Crippen LogP contribution in [0.15, 0.2) is 16.7 Å². The number of hydrogen-bond donors (Lipinski definition) is 2. The van der Waals surface area contributed by atoms with E-state index in [0.29, 0.717) is 37.3 Å². The third-order valence-corrected chi connectivity index (χ3v) is 3.92. The van der Waals surface area contributed by atoms with Gasteiger partial charge in [-0.3, -0.25) is 4.79 Å². The molecule has 108 valence electrons. The van der Waals surface area contributed by atoms with Crippen molar-refractivity contribution in [3.05, 3.63) is 16.7 Å². The summed E-state index contributed by atoms with van der Waals surface area (Å²) in [5.74, 6) is 0.642. The lowest BCUT2D eigenvalue weighted by molar-refractivity contribution is -0.124. The number of ether oxygens (including phenoxy) is 1. The molecule has 1 aromatic heterocycles. The highest BCUT2D eigenvalue weighted by atomic mass is 79.9. The van der Waals surface area contributed by atoms with E-state index in [0.717, 1.165) is 17.3 Å². The Hall–Kier alpha value is -1.34. The van der Waals surface area contributed by atoms with Crippen LogP contribution in [0.1, 0.15) is 12.8 Å². The Morgan fingerprint density at radius 1 is 1.55 bits per heavy atom. The number of hydrogen-bond acceptors (Lipinski definition) is 5. The number of nitrogens with zero attached hydrogens (tertiary/aromatic N) is 2. The summed E-state index contributed by atoms with van der Waals surface area (Å²) in [6.45, 7) is 1.56. The SMILES string of the molecule is Nc1cc(Br)cnc1N1CCOCC1C(=O)NC1CC1. The first-order chi connectivity index (χ1) is 9.65. The molecule has 0 bridgehead atoms. The molecule has 1 unspecified atom stereocenters. The van der Waals surface area contributed by atoms with Gasteiger partial charge in [0.25, 0.3) is 0 Å². The van der Waals surface area contributed by atoms with Crippen LogP contribution in [-0.4, -0.2) is 42.7 Å². The van der Waals surface area contributed by atoms with Gasteiger partial charge < -0.3 is 20.7 Å². The number of nitrogens with two attached hydrogens (primary N) is 1. The summed E-state index contributed by atoms with van der Waals surface area (Å²) < 4.78 is 6.27. The van der Waals surface area contributed by atoms with Crippen molar-refractivity contribution in [2.75, 3.05) is 30.4 Å². The van der Waals surface area contributed by atoms with Gasteiger partial charge in [0.05, 0.1) is 18.9 Å². The zero-order valence-corrected chi connectivity index (χ0v) is 12.6. The van der Waals surface area contributed by atoms with E-state index in [1.807, 2.05) is 4.90 Å². The Kier molecular flexibility index (Phi) is 3.80. The van der Waals surface area contributed by atoms with Gasteiger partial charge in [0.15, 0.2) is 5.82 Å². The summed E-state index contributed by atoms with van der Waals surface area (Å²) in [6.07, 6.45) is 3.83. The summed E-state index contributed by atoms with van der Waals surface area (Å²) in [5, 5.41) is 3.02. The monoisotopic (exact) mass is 340 g/mol. The number of amides is 1. The first-order valence-corrected chi connectivity index (χ1v) is 7.50. The van der Waals surface area contributed by atoms with Crippen molar-refractivity contribution >= 4 is 33.3 Å². The summed E-state index contributed by atoms with van der Waals surface area (Å²) in [7, 11) is 0. The molecule has 1 saturated carbocycles. The largest absolute Gasteiger partial charge is 0.396 e. The molecule has 20 heavy (non-hydrogen) atoms. The van der Waals surface area contributed by atoms with Crippen LogP contribution in [-0.2, 0) is 9.53 Å². The molecule has 0 spiro atoms. The smallest absolute Gasteiger partial charge is 0.245 e. The Morgan fingerprint density at radius 3 is 3.05 bits per heavy atom. The fraction of sp³-hybridized carbons (Fsp3) is 0.538. The number of anilines is 2. The average molecular weight is 341 g/mol. The maximum Gasteiger partial charge on any atom is 0.245 e. The summed E-state index contributed by atoms with van der Waals surface area (Å²) in [6, 6.07) is 1.77. The van der Waals surface area contributed by atoms with Gasteiger partial charge in [-0.05, 0) is 34.8 Å². The first kappa shape index (κ1) is 13.6.